The third-order valence-corrected chi connectivity index (χ3v) is 3.44. The third-order valence-electron chi connectivity index (χ3n) is 2.47. The van der Waals surface area contributed by atoms with Gasteiger partial charge in [-0.1, -0.05) is 6.07 Å². The lowest BCUT2D eigenvalue weighted by atomic mass is 10.2. The molecular weight excluding hydrogens is 266 g/mol. The summed E-state index contributed by atoms with van der Waals surface area (Å²) in [6.07, 6.45) is -0.125. The Balaban J connectivity index is 2.54. The van der Waals surface area contributed by atoms with Crippen molar-refractivity contribution in [2.24, 2.45) is 0 Å². The SMILES string of the molecule is CCOC(=O)N(C)CC[C@@H](OC(C)=O)c1cccs1. The summed E-state index contributed by atoms with van der Waals surface area (Å²) in [5.41, 5.74) is 0. The molecule has 0 aromatic carbocycles. The minimum atomic E-state index is -0.366. The van der Waals surface area contributed by atoms with Crippen molar-refractivity contribution >= 4 is 23.4 Å². The minimum Gasteiger partial charge on any atom is -0.457 e. The summed E-state index contributed by atoms with van der Waals surface area (Å²) in [6, 6.07) is 3.83. The predicted molar refractivity (Wildman–Crippen MR) is 73.1 cm³/mol. The molecule has 1 amide bonds. The maximum absolute atomic E-state index is 11.5. The molecule has 0 radical (unpaired) electrons. The van der Waals surface area contributed by atoms with Crippen LogP contribution >= 0.6 is 11.3 Å². The molecule has 0 unspecified atom stereocenters. The molecule has 0 spiro atoms. The van der Waals surface area contributed by atoms with Crippen molar-refractivity contribution in [3.63, 3.8) is 0 Å². The summed E-state index contributed by atoms with van der Waals surface area (Å²) in [5, 5.41) is 1.93. The van der Waals surface area contributed by atoms with Crippen LogP contribution in [0.1, 0.15) is 31.2 Å². The highest BCUT2D eigenvalue weighted by Gasteiger charge is 2.18. The summed E-state index contributed by atoms with van der Waals surface area (Å²) < 4.78 is 10.2. The fraction of sp³-hybridized carbons (Fsp3) is 0.538. The van der Waals surface area contributed by atoms with Crippen LogP contribution in [0, 0.1) is 0 Å². The van der Waals surface area contributed by atoms with Crippen molar-refractivity contribution in [1.82, 2.24) is 4.90 Å². The van der Waals surface area contributed by atoms with Gasteiger partial charge in [0.25, 0.3) is 0 Å². The summed E-state index contributed by atoms with van der Waals surface area (Å²) in [7, 11) is 1.66. The molecule has 0 aliphatic heterocycles. The van der Waals surface area contributed by atoms with Crippen LogP contribution in [0.3, 0.4) is 0 Å². The summed E-state index contributed by atoms with van der Waals surface area (Å²) in [6.45, 7) is 3.96. The molecule has 5 nitrogen and oxygen atoms in total. The van der Waals surface area contributed by atoms with Crippen LogP contribution < -0.4 is 0 Å². The number of carbonyl (C=O) groups excluding carboxylic acids is 2. The lowest BCUT2D eigenvalue weighted by Gasteiger charge is -2.20. The molecule has 1 aromatic rings. The molecule has 0 saturated carbocycles. The molecule has 0 saturated heterocycles. The smallest absolute Gasteiger partial charge is 0.409 e. The Bertz CT molecular complexity index is 405. The Kier molecular flexibility index (Phi) is 6.35. The average Bonchev–Trinajstić information content (AvgIpc) is 2.87. The predicted octanol–water partition coefficient (Wildman–Crippen LogP) is 2.83. The second kappa shape index (κ2) is 7.78. The molecule has 0 fully saturated rings. The molecule has 0 aliphatic carbocycles. The van der Waals surface area contributed by atoms with Crippen molar-refractivity contribution in [3.05, 3.63) is 22.4 Å². The molecule has 19 heavy (non-hydrogen) atoms. The fourth-order valence-electron chi connectivity index (χ4n) is 1.57. The Labute approximate surface area is 117 Å². The first kappa shape index (κ1) is 15.5. The number of amides is 1. The van der Waals surface area contributed by atoms with Gasteiger partial charge in [-0.3, -0.25) is 4.79 Å². The number of thiophene rings is 1. The Morgan fingerprint density at radius 3 is 2.74 bits per heavy atom. The van der Waals surface area contributed by atoms with E-state index in [0.717, 1.165) is 4.88 Å². The number of rotatable bonds is 6. The zero-order valence-corrected chi connectivity index (χ0v) is 12.2. The number of carbonyl (C=O) groups is 2. The molecule has 1 rings (SSSR count). The van der Waals surface area contributed by atoms with Crippen LogP contribution in [0.2, 0.25) is 0 Å². The van der Waals surface area contributed by atoms with Gasteiger partial charge in [0.05, 0.1) is 6.61 Å². The van der Waals surface area contributed by atoms with Crippen LogP contribution in [0.5, 0.6) is 0 Å². The monoisotopic (exact) mass is 285 g/mol. The topological polar surface area (TPSA) is 55.8 Å². The van der Waals surface area contributed by atoms with E-state index >= 15 is 0 Å². The van der Waals surface area contributed by atoms with E-state index in [1.807, 2.05) is 17.5 Å². The van der Waals surface area contributed by atoms with Crippen LogP contribution in [0.25, 0.3) is 0 Å². The number of ether oxygens (including phenoxy) is 2. The Hall–Kier alpha value is -1.56. The van der Waals surface area contributed by atoms with Crippen LogP contribution in [-0.4, -0.2) is 37.2 Å². The summed E-state index contributed by atoms with van der Waals surface area (Å²) >= 11 is 1.53. The van der Waals surface area contributed by atoms with Crippen molar-refractivity contribution in [2.75, 3.05) is 20.2 Å². The zero-order valence-electron chi connectivity index (χ0n) is 11.4. The van der Waals surface area contributed by atoms with E-state index in [1.165, 1.54) is 23.2 Å². The molecule has 0 bridgehead atoms. The van der Waals surface area contributed by atoms with Gasteiger partial charge in [0.2, 0.25) is 0 Å². The first-order valence-corrected chi connectivity index (χ1v) is 7.01. The van der Waals surface area contributed by atoms with Gasteiger partial charge in [-0.2, -0.15) is 0 Å². The lowest BCUT2D eigenvalue weighted by Crippen LogP contribution is -2.29. The molecule has 0 N–H and O–H groups in total. The number of hydrogen-bond donors (Lipinski definition) is 0. The maximum atomic E-state index is 11.5. The van der Waals surface area contributed by atoms with Gasteiger partial charge >= 0.3 is 12.1 Å². The van der Waals surface area contributed by atoms with Gasteiger partial charge in [0, 0.05) is 31.8 Å². The summed E-state index contributed by atoms with van der Waals surface area (Å²) in [5.74, 6) is -0.322. The quantitative estimate of drug-likeness (QED) is 0.754. The van der Waals surface area contributed by atoms with E-state index in [1.54, 1.807) is 14.0 Å². The van der Waals surface area contributed by atoms with Crippen molar-refractivity contribution < 1.29 is 19.1 Å². The fourth-order valence-corrected chi connectivity index (χ4v) is 2.36. The van der Waals surface area contributed by atoms with E-state index in [-0.39, 0.29) is 18.2 Å². The number of hydrogen-bond acceptors (Lipinski definition) is 5. The lowest BCUT2D eigenvalue weighted by molar-refractivity contribution is -0.147. The zero-order chi connectivity index (χ0) is 14.3. The van der Waals surface area contributed by atoms with Gasteiger partial charge < -0.3 is 14.4 Å². The van der Waals surface area contributed by atoms with Crippen LogP contribution in [-0.2, 0) is 14.3 Å². The van der Waals surface area contributed by atoms with E-state index in [0.29, 0.717) is 19.6 Å². The summed E-state index contributed by atoms with van der Waals surface area (Å²) in [4.78, 5) is 25.0. The molecule has 1 atom stereocenters. The normalized spacial score (nSPS) is 11.7. The van der Waals surface area contributed by atoms with Crippen molar-refractivity contribution in [1.29, 1.82) is 0 Å². The van der Waals surface area contributed by atoms with Gasteiger partial charge in [-0.05, 0) is 18.4 Å². The molecule has 6 heteroatoms. The second-order valence-corrected chi connectivity index (χ2v) is 5.00. The second-order valence-electron chi connectivity index (χ2n) is 4.02. The minimum absolute atomic E-state index is 0.311. The van der Waals surface area contributed by atoms with Gasteiger partial charge in [0.1, 0.15) is 6.10 Å². The number of nitrogens with zero attached hydrogens (tertiary/aromatic N) is 1. The first-order chi connectivity index (χ1) is 9.04. The van der Waals surface area contributed by atoms with Gasteiger partial charge in [-0.25, -0.2) is 4.79 Å². The van der Waals surface area contributed by atoms with Crippen LogP contribution in [0.15, 0.2) is 17.5 Å². The van der Waals surface area contributed by atoms with E-state index in [2.05, 4.69) is 0 Å². The third kappa shape index (κ3) is 5.30. The first-order valence-electron chi connectivity index (χ1n) is 6.13. The number of esters is 1. The highest BCUT2D eigenvalue weighted by molar-refractivity contribution is 7.10. The molecule has 0 aliphatic rings. The van der Waals surface area contributed by atoms with E-state index in [9.17, 15) is 9.59 Å². The van der Waals surface area contributed by atoms with Gasteiger partial charge in [0.15, 0.2) is 0 Å². The standard InChI is InChI=1S/C13H19NO4S/c1-4-17-13(16)14(3)8-7-11(18-10(2)15)12-6-5-9-19-12/h5-6,9,11H,4,7-8H2,1-3H3/t11-/m1/s1. The largest absolute Gasteiger partial charge is 0.457 e. The maximum Gasteiger partial charge on any atom is 0.409 e. The molecular formula is C13H19NO4S. The van der Waals surface area contributed by atoms with Crippen molar-refractivity contribution in [3.8, 4) is 0 Å². The highest BCUT2D eigenvalue weighted by atomic mass is 32.1. The van der Waals surface area contributed by atoms with Crippen molar-refractivity contribution in [2.45, 2.75) is 26.4 Å². The van der Waals surface area contributed by atoms with E-state index < -0.39 is 0 Å². The highest BCUT2D eigenvalue weighted by Crippen LogP contribution is 2.26. The Morgan fingerprint density at radius 2 is 2.21 bits per heavy atom. The Morgan fingerprint density at radius 1 is 1.47 bits per heavy atom. The molecule has 106 valence electrons. The van der Waals surface area contributed by atoms with E-state index in [4.69, 9.17) is 9.47 Å². The molecule has 1 heterocycles. The van der Waals surface area contributed by atoms with Gasteiger partial charge in [-0.15, -0.1) is 11.3 Å². The average molecular weight is 285 g/mol. The van der Waals surface area contributed by atoms with Crippen LogP contribution in [0.4, 0.5) is 4.79 Å². The molecule has 1 aromatic heterocycles.